The predicted octanol–water partition coefficient (Wildman–Crippen LogP) is 2.10. The topological polar surface area (TPSA) is 21.3 Å². The maximum Gasteiger partial charge on any atom is 0.119 e. The summed E-state index contributed by atoms with van der Waals surface area (Å²) in [5.74, 6) is 2.80. The summed E-state index contributed by atoms with van der Waals surface area (Å²) in [6.45, 7) is 1.06. The van der Waals surface area contributed by atoms with Crippen molar-refractivity contribution in [3.8, 4) is 5.75 Å². The van der Waals surface area contributed by atoms with Crippen LogP contribution in [0.3, 0.4) is 0 Å². The lowest BCUT2D eigenvalue weighted by molar-refractivity contribution is 0.413. The number of ether oxygens (including phenoxy) is 1. The summed E-state index contributed by atoms with van der Waals surface area (Å²) >= 11 is 1.93. The standard InChI is InChI=1S/C11H15NOS/c1-12-6-8-7-14-11-5-9(13-2)3-4-10(8)11/h3-5,8,12H,6-7H2,1-2H3. The van der Waals surface area contributed by atoms with E-state index >= 15 is 0 Å². The van der Waals surface area contributed by atoms with Crippen LogP contribution >= 0.6 is 11.8 Å². The highest BCUT2D eigenvalue weighted by molar-refractivity contribution is 7.99. The average molecular weight is 209 g/mol. The molecule has 2 nitrogen and oxygen atoms in total. The van der Waals surface area contributed by atoms with Crippen molar-refractivity contribution in [2.24, 2.45) is 0 Å². The number of methoxy groups -OCH3 is 1. The molecule has 0 saturated heterocycles. The number of fused-ring (bicyclic) bond motifs is 1. The van der Waals surface area contributed by atoms with Crippen LogP contribution in [-0.4, -0.2) is 26.5 Å². The average Bonchev–Trinajstić information content (AvgIpc) is 2.61. The molecule has 1 aromatic rings. The van der Waals surface area contributed by atoms with Crippen LogP contribution in [0.4, 0.5) is 0 Å². The normalized spacial score (nSPS) is 19.4. The molecule has 0 radical (unpaired) electrons. The van der Waals surface area contributed by atoms with E-state index in [0.29, 0.717) is 5.92 Å². The van der Waals surface area contributed by atoms with Crippen molar-refractivity contribution in [3.63, 3.8) is 0 Å². The minimum absolute atomic E-state index is 0.658. The molecule has 3 heteroatoms. The summed E-state index contributed by atoms with van der Waals surface area (Å²) in [4.78, 5) is 1.38. The molecule has 1 unspecified atom stereocenters. The van der Waals surface area contributed by atoms with Crippen LogP contribution in [-0.2, 0) is 0 Å². The molecular formula is C11H15NOS. The Morgan fingerprint density at radius 1 is 1.57 bits per heavy atom. The van der Waals surface area contributed by atoms with Crippen molar-refractivity contribution in [2.45, 2.75) is 10.8 Å². The maximum atomic E-state index is 5.21. The Bertz CT molecular complexity index is 327. The highest BCUT2D eigenvalue weighted by Crippen LogP contribution is 2.40. The second-order valence-electron chi connectivity index (χ2n) is 3.47. The van der Waals surface area contributed by atoms with E-state index in [1.165, 1.54) is 16.2 Å². The Kier molecular flexibility index (Phi) is 2.99. The van der Waals surface area contributed by atoms with E-state index in [-0.39, 0.29) is 0 Å². The first-order valence-corrected chi connectivity index (χ1v) is 5.79. The van der Waals surface area contributed by atoms with E-state index in [2.05, 4.69) is 17.4 Å². The van der Waals surface area contributed by atoms with Gasteiger partial charge in [0.1, 0.15) is 5.75 Å². The second kappa shape index (κ2) is 4.24. The minimum Gasteiger partial charge on any atom is -0.497 e. The van der Waals surface area contributed by atoms with Crippen molar-refractivity contribution < 1.29 is 4.74 Å². The molecule has 76 valence electrons. The van der Waals surface area contributed by atoms with E-state index in [1.807, 2.05) is 24.9 Å². The van der Waals surface area contributed by atoms with Crippen molar-refractivity contribution in [3.05, 3.63) is 23.8 Å². The van der Waals surface area contributed by atoms with Crippen LogP contribution in [0.2, 0.25) is 0 Å². The molecule has 0 amide bonds. The first kappa shape index (κ1) is 9.87. The molecule has 0 saturated carbocycles. The second-order valence-corrected chi connectivity index (χ2v) is 4.53. The van der Waals surface area contributed by atoms with Gasteiger partial charge in [0.15, 0.2) is 0 Å². The molecule has 0 fully saturated rings. The maximum absolute atomic E-state index is 5.21. The van der Waals surface area contributed by atoms with E-state index in [1.54, 1.807) is 7.11 Å². The highest BCUT2D eigenvalue weighted by atomic mass is 32.2. The van der Waals surface area contributed by atoms with Crippen molar-refractivity contribution in [2.75, 3.05) is 26.5 Å². The molecule has 1 aliphatic rings. The molecule has 0 aliphatic carbocycles. The third-order valence-corrected chi connectivity index (χ3v) is 3.78. The van der Waals surface area contributed by atoms with Gasteiger partial charge in [0.25, 0.3) is 0 Å². The molecule has 14 heavy (non-hydrogen) atoms. The quantitative estimate of drug-likeness (QED) is 0.823. The van der Waals surface area contributed by atoms with E-state index in [0.717, 1.165) is 12.3 Å². The fourth-order valence-corrected chi connectivity index (χ4v) is 3.08. The first-order chi connectivity index (χ1) is 6.85. The van der Waals surface area contributed by atoms with Gasteiger partial charge in [-0.15, -0.1) is 11.8 Å². The molecular weight excluding hydrogens is 194 g/mol. The smallest absolute Gasteiger partial charge is 0.119 e. The molecule has 0 aromatic heterocycles. The molecule has 1 heterocycles. The van der Waals surface area contributed by atoms with Gasteiger partial charge in [-0.2, -0.15) is 0 Å². The Balaban J connectivity index is 2.24. The molecule has 1 atom stereocenters. The Morgan fingerprint density at radius 2 is 2.43 bits per heavy atom. The predicted molar refractivity (Wildman–Crippen MR) is 60.4 cm³/mol. The summed E-state index contributed by atoms with van der Waals surface area (Å²) < 4.78 is 5.21. The number of hydrogen-bond donors (Lipinski definition) is 1. The van der Waals surface area contributed by atoms with Crippen LogP contribution in [0.25, 0.3) is 0 Å². The molecule has 1 aromatic carbocycles. The zero-order valence-corrected chi connectivity index (χ0v) is 9.36. The van der Waals surface area contributed by atoms with Gasteiger partial charge in [-0.05, 0) is 24.7 Å². The molecule has 1 aliphatic heterocycles. The number of thioether (sulfide) groups is 1. The number of nitrogens with one attached hydrogen (secondary N) is 1. The third kappa shape index (κ3) is 1.74. The van der Waals surface area contributed by atoms with Crippen LogP contribution < -0.4 is 10.1 Å². The van der Waals surface area contributed by atoms with Gasteiger partial charge in [0.2, 0.25) is 0 Å². The molecule has 1 N–H and O–H groups in total. The van der Waals surface area contributed by atoms with Crippen molar-refractivity contribution >= 4 is 11.8 Å². The van der Waals surface area contributed by atoms with Gasteiger partial charge in [-0.25, -0.2) is 0 Å². The van der Waals surface area contributed by atoms with Gasteiger partial charge in [-0.3, -0.25) is 0 Å². The number of benzene rings is 1. The lowest BCUT2D eigenvalue weighted by Crippen LogP contribution is -2.16. The summed E-state index contributed by atoms with van der Waals surface area (Å²) in [5.41, 5.74) is 1.46. The van der Waals surface area contributed by atoms with Gasteiger partial charge in [0, 0.05) is 23.1 Å². The Hall–Kier alpha value is -0.670. The summed E-state index contributed by atoms with van der Waals surface area (Å²) in [6, 6.07) is 6.37. The van der Waals surface area contributed by atoms with E-state index in [9.17, 15) is 0 Å². The van der Waals surface area contributed by atoms with Gasteiger partial charge in [0.05, 0.1) is 7.11 Å². The van der Waals surface area contributed by atoms with Gasteiger partial charge < -0.3 is 10.1 Å². The highest BCUT2D eigenvalue weighted by Gasteiger charge is 2.22. The van der Waals surface area contributed by atoms with Crippen LogP contribution in [0.5, 0.6) is 5.75 Å². The molecule has 0 spiro atoms. The molecule has 2 rings (SSSR count). The van der Waals surface area contributed by atoms with E-state index in [4.69, 9.17) is 4.74 Å². The third-order valence-electron chi connectivity index (χ3n) is 2.55. The number of likely N-dealkylation sites (N-methyl/N-ethyl adjacent to an activating group) is 1. The van der Waals surface area contributed by atoms with Gasteiger partial charge in [-0.1, -0.05) is 6.07 Å². The zero-order chi connectivity index (χ0) is 9.97. The minimum atomic E-state index is 0.658. The van der Waals surface area contributed by atoms with Gasteiger partial charge >= 0.3 is 0 Å². The summed E-state index contributed by atoms with van der Waals surface area (Å²) in [6.07, 6.45) is 0. The van der Waals surface area contributed by atoms with Crippen molar-refractivity contribution in [1.29, 1.82) is 0 Å². The Labute approximate surface area is 89.0 Å². The first-order valence-electron chi connectivity index (χ1n) is 4.80. The zero-order valence-electron chi connectivity index (χ0n) is 8.54. The Morgan fingerprint density at radius 3 is 3.14 bits per heavy atom. The summed E-state index contributed by atoms with van der Waals surface area (Å²) in [7, 11) is 3.72. The number of rotatable bonds is 3. The molecule has 0 bridgehead atoms. The van der Waals surface area contributed by atoms with E-state index < -0.39 is 0 Å². The fourth-order valence-electron chi connectivity index (χ4n) is 1.80. The number of hydrogen-bond acceptors (Lipinski definition) is 3. The van der Waals surface area contributed by atoms with Crippen LogP contribution in [0.1, 0.15) is 11.5 Å². The van der Waals surface area contributed by atoms with Crippen LogP contribution in [0, 0.1) is 0 Å². The largest absolute Gasteiger partial charge is 0.497 e. The fraction of sp³-hybridized carbons (Fsp3) is 0.455. The monoisotopic (exact) mass is 209 g/mol. The lowest BCUT2D eigenvalue weighted by atomic mass is 10.0. The summed E-state index contributed by atoms with van der Waals surface area (Å²) in [5, 5.41) is 3.23. The SMILES string of the molecule is CNCC1CSc2cc(OC)ccc21. The lowest BCUT2D eigenvalue weighted by Gasteiger charge is -2.09. The van der Waals surface area contributed by atoms with Crippen molar-refractivity contribution in [1.82, 2.24) is 5.32 Å². The van der Waals surface area contributed by atoms with Crippen LogP contribution in [0.15, 0.2) is 23.1 Å².